The third-order valence-corrected chi connectivity index (χ3v) is 8.96. The standard InChI is InChI=1S/C48H37N3/c1-7-19-40(20-8-1)49(41-21-9-2-10-22-41)46-33-31-38(32-34-46)39-35-47(50(42-23-11-3-12-24-42)43-25-13-4-14-26-43)37-48(36-39)51(44-27-15-5-16-28-44)45-29-17-6-18-30-45/h1-37H. The van der Waals surface area contributed by atoms with Crippen molar-refractivity contribution in [1.29, 1.82) is 0 Å². The monoisotopic (exact) mass is 655 g/mol. The summed E-state index contributed by atoms with van der Waals surface area (Å²) in [4.78, 5) is 6.97. The lowest BCUT2D eigenvalue weighted by Crippen LogP contribution is -2.13. The van der Waals surface area contributed by atoms with Crippen molar-refractivity contribution in [2.24, 2.45) is 0 Å². The Bertz CT molecular complexity index is 2060. The molecular weight excluding hydrogens is 619 g/mol. The molecule has 0 amide bonds. The van der Waals surface area contributed by atoms with Gasteiger partial charge in [-0.1, -0.05) is 121 Å². The van der Waals surface area contributed by atoms with Gasteiger partial charge in [0.15, 0.2) is 0 Å². The minimum absolute atomic E-state index is 1.07. The summed E-state index contributed by atoms with van der Waals surface area (Å²) in [7, 11) is 0. The lowest BCUT2D eigenvalue weighted by Gasteiger charge is -2.30. The molecule has 0 radical (unpaired) electrons. The Morgan fingerprint density at radius 3 is 0.686 bits per heavy atom. The van der Waals surface area contributed by atoms with Crippen LogP contribution in [0.4, 0.5) is 51.2 Å². The minimum Gasteiger partial charge on any atom is -0.311 e. The molecule has 0 saturated heterocycles. The van der Waals surface area contributed by atoms with Gasteiger partial charge in [0.25, 0.3) is 0 Å². The molecule has 0 fully saturated rings. The van der Waals surface area contributed by atoms with Gasteiger partial charge in [-0.15, -0.1) is 0 Å². The Hall–Kier alpha value is -6.84. The molecule has 0 bridgehead atoms. The van der Waals surface area contributed by atoms with E-state index in [4.69, 9.17) is 0 Å². The lowest BCUT2D eigenvalue weighted by molar-refractivity contribution is 1.25. The SMILES string of the molecule is c1ccc(N(c2ccccc2)c2ccc(-c3cc(N(c4ccccc4)c4ccccc4)cc(N(c4ccccc4)c4ccccc4)c3)cc2)cc1. The van der Waals surface area contributed by atoms with E-state index >= 15 is 0 Å². The molecule has 8 aromatic rings. The van der Waals surface area contributed by atoms with E-state index in [0.29, 0.717) is 0 Å². The van der Waals surface area contributed by atoms with E-state index in [9.17, 15) is 0 Å². The summed E-state index contributed by atoms with van der Waals surface area (Å²) < 4.78 is 0. The number of hydrogen-bond donors (Lipinski definition) is 0. The average molecular weight is 656 g/mol. The van der Waals surface area contributed by atoms with E-state index in [1.54, 1.807) is 0 Å². The predicted molar refractivity (Wildman–Crippen MR) is 216 cm³/mol. The lowest BCUT2D eigenvalue weighted by atomic mass is 10.0. The minimum atomic E-state index is 1.07. The highest BCUT2D eigenvalue weighted by Gasteiger charge is 2.19. The fraction of sp³-hybridized carbons (Fsp3) is 0. The molecule has 0 aliphatic carbocycles. The number of rotatable bonds is 10. The van der Waals surface area contributed by atoms with Crippen molar-refractivity contribution >= 4 is 51.2 Å². The highest BCUT2D eigenvalue weighted by Crippen LogP contribution is 2.43. The van der Waals surface area contributed by atoms with Gasteiger partial charge < -0.3 is 14.7 Å². The fourth-order valence-electron chi connectivity index (χ4n) is 6.63. The van der Waals surface area contributed by atoms with E-state index in [-0.39, 0.29) is 0 Å². The molecule has 0 heterocycles. The third-order valence-electron chi connectivity index (χ3n) is 8.96. The van der Waals surface area contributed by atoms with Gasteiger partial charge in [-0.25, -0.2) is 0 Å². The van der Waals surface area contributed by atoms with Crippen LogP contribution in [0.25, 0.3) is 11.1 Å². The molecule has 0 spiro atoms. The van der Waals surface area contributed by atoms with E-state index in [1.165, 1.54) is 0 Å². The maximum Gasteiger partial charge on any atom is 0.0488 e. The zero-order valence-electron chi connectivity index (χ0n) is 28.2. The van der Waals surface area contributed by atoms with Gasteiger partial charge in [0, 0.05) is 51.2 Å². The van der Waals surface area contributed by atoms with Crippen LogP contribution in [-0.2, 0) is 0 Å². The highest BCUT2D eigenvalue weighted by atomic mass is 15.2. The Kier molecular flexibility index (Phi) is 9.08. The number of para-hydroxylation sites is 6. The molecule has 0 aliphatic rings. The summed E-state index contributed by atoms with van der Waals surface area (Å²) in [5.41, 5.74) is 12.1. The van der Waals surface area contributed by atoms with Crippen LogP contribution in [0.1, 0.15) is 0 Å². The smallest absolute Gasteiger partial charge is 0.0488 e. The molecule has 0 saturated carbocycles. The van der Waals surface area contributed by atoms with Gasteiger partial charge in [0.1, 0.15) is 0 Å². The van der Waals surface area contributed by atoms with Gasteiger partial charge in [0.05, 0.1) is 0 Å². The third kappa shape index (κ3) is 6.87. The molecule has 8 rings (SSSR count). The Morgan fingerprint density at radius 2 is 0.412 bits per heavy atom. The second-order valence-electron chi connectivity index (χ2n) is 12.3. The second kappa shape index (κ2) is 14.7. The summed E-state index contributed by atoms with van der Waals surface area (Å²) >= 11 is 0. The molecular formula is C48H37N3. The molecule has 244 valence electrons. The molecule has 3 heteroatoms. The van der Waals surface area contributed by atoms with Crippen LogP contribution in [0.15, 0.2) is 224 Å². The first-order valence-electron chi connectivity index (χ1n) is 17.3. The van der Waals surface area contributed by atoms with Crippen molar-refractivity contribution < 1.29 is 0 Å². The van der Waals surface area contributed by atoms with E-state index < -0.39 is 0 Å². The fourth-order valence-corrected chi connectivity index (χ4v) is 6.63. The first kappa shape index (κ1) is 31.4. The first-order chi connectivity index (χ1) is 25.3. The average Bonchev–Trinajstić information content (AvgIpc) is 3.21. The van der Waals surface area contributed by atoms with Crippen molar-refractivity contribution in [3.8, 4) is 11.1 Å². The van der Waals surface area contributed by atoms with Crippen LogP contribution >= 0.6 is 0 Å². The van der Waals surface area contributed by atoms with Crippen LogP contribution in [0.2, 0.25) is 0 Å². The van der Waals surface area contributed by atoms with Gasteiger partial charge in [-0.2, -0.15) is 0 Å². The normalized spacial score (nSPS) is 10.7. The van der Waals surface area contributed by atoms with Crippen LogP contribution in [0.5, 0.6) is 0 Å². The quantitative estimate of drug-likeness (QED) is 0.145. The summed E-state index contributed by atoms with van der Waals surface area (Å²) in [6.45, 7) is 0. The Morgan fingerprint density at radius 1 is 0.176 bits per heavy atom. The van der Waals surface area contributed by atoms with Crippen LogP contribution < -0.4 is 14.7 Å². The van der Waals surface area contributed by atoms with Crippen LogP contribution in [0, 0.1) is 0 Å². The molecule has 51 heavy (non-hydrogen) atoms. The van der Waals surface area contributed by atoms with Gasteiger partial charge >= 0.3 is 0 Å². The second-order valence-corrected chi connectivity index (χ2v) is 12.3. The van der Waals surface area contributed by atoms with Gasteiger partial charge in [0.2, 0.25) is 0 Å². The Balaban J connectivity index is 1.31. The molecule has 0 atom stereocenters. The number of hydrogen-bond acceptors (Lipinski definition) is 3. The molecule has 3 nitrogen and oxygen atoms in total. The summed E-state index contributed by atoms with van der Waals surface area (Å²) in [5.74, 6) is 0. The maximum atomic E-state index is 2.34. The molecule has 0 aliphatic heterocycles. The zero-order valence-corrected chi connectivity index (χ0v) is 28.2. The van der Waals surface area contributed by atoms with Crippen molar-refractivity contribution in [2.45, 2.75) is 0 Å². The highest BCUT2D eigenvalue weighted by molar-refractivity contribution is 5.88. The predicted octanol–water partition coefficient (Wildman–Crippen LogP) is 13.8. The molecule has 0 aromatic heterocycles. The Labute approximate surface area is 300 Å². The summed E-state index contributed by atoms with van der Waals surface area (Å²) in [6.07, 6.45) is 0. The summed E-state index contributed by atoms with van der Waals surface area (Å²) in [5, 5.41) is 0. The van der Waals surface area contributed by atoms with E-state index in [2.05, 4.69) is 239 Å². The van der Waals surface area contributed by atoms with Crippen molar-refractivity contribution in [3.05, 3.63) is 224 Å². The molecule has 0 N–H and O–H groups in total. The first-order valence-corrected chi connectivity index (χ1v) is 17.3. The molecule has 0 unspecified atom stereocenters. The molecule has 8 aromatic carbocycles. The van der Waals surface area contributed by atoms with Crippen molar-refractivity contribution in [2.75, 3.05) is 14.7 Å². The largest absolute Gasteiger partial charge is 0.311 e. The van der Waals surface area contributed by atoms with Crippen molar-refractivity contribution in [1.82, 2.24) is 0 Å². The summed E-state index contributed by atoms with van der Waals surface area (Å²) in [6, 6.07) is 79.3. The van der Waals surface area contributed by atoms with Gasteiger partial charge in [-0.05, 0) is 114 Å². The maximum absolute atomic E-state index is 2.34. The van der Waals surface area contributed by atoms with Gasteiger partial charge in [-0.3, -0.25) is 0 Å². The van der Waals surface area contributed by atoms with Crippen LogP contribution in [0.3, 0.4) is 0 Å². The topological polar surface area (TPSA) is 9.72 Å². The van der Waals surface area contributed by atoms with Crippen LogP contribution in [-0.4, -0.2) is 0 Å². The van der Waals surface area contributed by atoms with E-state index in [0.717, 1.165) is 62.3 Å². The van der Waals surface area contributed by atoms with E-state index in [1.807, 2.05) is 0 Å². The van der Waals surface area contributed by atoms with Crippen molar-refractivity contribution in [3.63, 3.8) is 0 Å². The zero-order chi connectivity index (χ0) is 34.2. The number of anilines is 9. The number of nitrogens with zero attached hydrogens (tertiary/aromatic N) is 3. The number of benzene rings is 8.